The summed E-state index contributed by atoms with van der Waals surface area (Å²) in [5.74, 6) is 0.682. The Kier molecular flexibility index (Phi) is 5.42. The van der Waals surface area contributed by atoms with E-state index < -0.39 is 0 Å². The molecule has 6 nitrogen and oxygen atoms in total. The monoisotopic (exact) mass is 388 g/mol. The molecule has 4 rings (SSSR count). The molecule has 0 spiro atoms. The molecule has 1 aliphatic heterocycles. The average molecular weight is 388 g/mol. The van der Waals surface area contributed by atoms with Gasteiger partial charge in [0.2, 0.25) is 5.91 Å². The summed E-state index contributed by atoms with van der Waals surface area (Å²) in [5, 5.41) is 0. The lowest BCUT2D eigenvalue weighted by atomic mass is 10.1. The van der Waals surface area contributed by atoms with Crippen LogP contribution in [-0.2, 0) is 31.4 Å². The van der Waals surface area contributed by atoms with Crippen molar-refractivity contribution in [2.45, 2.75) is 19.5 Å². The molecule has 0 atom stereocenters. The van der Waals surface area contributed by atoms with Crippen molar-refractivity contribution in [3.63, 3.8) is 0 Å². The van der Waals surface area contributed by atoms with E-state index in [0.717, 1.165) is 17.8 Å². The number of amides is 2. The van der Waals surface area contributed by atoms with Gasteiger partial charge < -0.3 is 14.4 Å². The van der Waals surface area contributed by atoms with Crippen LogP contribution in [0.3, 0.4) is 0 Å². The summed E-state index contributed by atoms with van der Waals surface area (Å²) in [4.78, 5) is 33.6. The van der Waals surface area contributed by atoms with Gasteiger partial charge in [0.25, 0.3) is 5.91 Å². The molecule has 0 saturated heterocycles. The highest BCUT2D eigenvalue weighted by Crippen LogP contribution is 2.22. The molecule has 2 aromatic carbocycles. The number of carbonyl (C=O) groups excluding carboxylic acids is 2. The molecule has 0 bridgehead atoms. The van der Waals surface area contributed by atoms with Gasteiger partial charge in [0.1, 0.15) is 12.4 Å². The highest BCUT2D eigenvalue weighted by Gasteiger charge is 2.29. The Bertz CT molecular complexity index is 1010. The molecule has 2 heterocycles. The molecule has 0 radical (unpaired) electrons. The van der Waals surface area contributed by atoms with Gasteiger partial charge in [0.15, 0.2) is 0 Å². The number of hydrogen-bond acceptors (Lipinski definition) is 3. The second-order valence-corrected chi connectivity index (χ2v) is 7.32. The highest BCUT2D eigenvalue weighted by molar-refractivity contribution is 6.00. The number of aromatic nitrogens is 2. The van der Waals surface area contributed by atoms with E-state index in [1.807, 2.05) is 60.3 Å². The number of rotatable bonds is 7. The van der Waals surface area contributed by atoms with Gasteiger partial charge >= 0.3 is 0 Å². The van der Waals surface area contributed by atoms with E-state index in [4.69, 9.17) is 0 Å². The van der Waals surface area contributed by atoms with Gasteiger partial charge in [-0.3, -0.25) is 9.59 Å². The Balaban J connectivity index is 1.47. The van der Waals surface area contributed by atoms with Crippen LogP contribution >= 0.6 is 0 Å². The molecule has 0 fully saturated rings. The molecule has 0 unspecified atom stereocenters. The molecule has 0 saturated carbocycles. The first-order valence-corrected chi connectivity index (χ1v) is 9.77. The van der Waals surface area contributed by atoms with Crippen LogP contribution in [0, 0.1) is 0 Å². The maximum Gasteiger partial charge on any atom is 0.254 e. The van der Waals surface area contributed by atoms with Crippen molar-refractivity contribution >= 4 is 11.8 Å². The maximum atomic E-state index is 13.1. The van der Waals surface area contributed by atoms with Crippen molar-refractivity contribution in [2.75, 3.05) is 13.1 Å². The van der Waals surface area contributed by atoms with Crippen molar-refractivity contribution < 1.29 is 9.59 Å². The van der Waals surface area contributed by atoms with Crippen molar-refractivity contribution in [2.24, 2.45) is 7.05 Å². The predicted octanol–water partition coefficient (Wildman–Crippen LogP) is 2.65. The third kappa shape index (κ3) is 4.21. The van der Waals surface area contributed by atoms with E-state index in [9.17, 15) is 9.59 Å². The van der Waals surface area contributed by atoms with E-state index >= 15 is 0 Å². The number of aryl methyl sites for hydroxylation is 1. The molecular weight excluding hydrogens is 364 g/mol. The Morgan fingerprint density at radius 2 is 1.86 bits per heavy atom. The van der Waals surface area contributed by atoms with Crippen LogP contribution in [0.4, 0.5) is 0 Å². The molecule has 6 heteroatoms. The van der Waals surface area contributed by atoms with E-state index in [1.165, 1.54) is 5.56 Å². The van der Waals surface area contributed by atoms with Crippen molar-refractivity contribution in [1.29, 1.82) is 0 Å². The Labute approximate surface area is 170 Å². The van der Waals surface area contributed by atoms with E-state index in [2.05, 4.69) is 17.1 Å². The fourth-order valence-electron chi connectivity index (χ4n) is 3.63. The quantitative estimate of drug-likeness (QED) is 0.625. The van der Waals surface area contributed by atoms with Gasteiger partial charge in [-0.15, -0.1) is 0 Å². The highest BCUT2D eigenvalue weighted by atomic mass is 16.2. The lowest BCUT2D eigenvalue weighted by Gasteiger charge is -2.25. The summed E-state index contributed by atoms with van der Waals surface area (Å²) in [6.07, 6.45) is 4.36. The lowest BCUT2D eigenvalue weighted by molar-refractivity contribution is -0.132. The minimum absolute atomic E-state index is 0.0647. The van der Waals surface area contributed by atoms with Crippen molar-refractivity contribution in [3.05, 3.63) is 89.5 Å². The summed E-state index contributed by atoms with van der Waals surface area (Å²) in [6, 6.07) is 17.6. The Morgan fingerprint density at radius 3 is 2.59 bits per heavy atom. The zero-order valence-electron chi connectivity index (χ0n) is 16.5. The van der Waals surface area contributed by atoms with Crippen LogP contribution in [0.2, 0.25) is 0 Å². The van der Waals surface area contributed by atoms with Crippen LogP contribution in [0.25, 0.3) is 0 Å². The Morgan fingerprint density at radius 1 is 1.10 bits per heavy atom. The smallest absolute Gasteiger partial charge is 0.254 e. The molecule has 0 aliphatic carbocycles. The largest absolute Gasteiger partial charge is 0.337 e. The normalized spacial score (nSPS) is 12.9. The standard InChI is InChI=1S/C23H24N4O2/c1-25-14-12-24-21(25)16-26(13-11-18-7-3-2-4-8-18)22(28)17-27-15-19-9-5-6-10-20(19)23(27)29/h2-10,12,14H,11,13,15-17H2,1H3. The van der Waals surface area contributed by atoms with Crippen LogP contribution in [0.5, 0.6) is 0 Å². The van der Waals surface area contributed by atoms with Gasteiger partial charge in [0, 0.05) is 38.1 Å². The first-order valence-electron chi connectivity index (χ1n) is 9.77. The molecular formula is C23H24N4O2. The fourth-order valence-corrected chi connectivity index (χ4v) is 3.63. The fraction of sp³-hybridized carbons (Fsp3) is 0.261. The van der Waals surface area contributed by atoms with Gasteiger partial charge in [-0.25, -0.2) is 4.98 Å². The molecule has 148 valence electrons. The van der Waals surface area contributed by atoms with Crippen molar-refractivity contribution in [1.82, 2.24) is 19.4 Å². The van der Waals surface area contributed by atoms with Crippen LogP contribution < -0.4 is 0 Å². The Hall–Kier alpha value is -3.41. The predicted molar refractivity (Wildman–Crippen MR) is 110 cm³/mol. The molecule has 29 heavy (non-hydrogen) atoms. The van der Waals surface area contributed by atoms with Gasteiger partial charge in [-0.1, -0.05) is 48.5 Å². The summed E-state index contributed by atoms with van der Waals surface area (Å²) in [5.41, 5.74) is 2.85. The molecule has 1 aliphatic rings. The van der Waals surface area contributed by atoms with Gasteiger partial charge in [-0.05, 0) is 23.6 Å². The van der Waals surface area contributed by atoms with E-state index in [1.54, 1.807) is 16.0 Å². The van der Waals surface area contributed by atoms with Crippen LogP contribution in [0.1, 0.15) is 27.3 Å². The minimum Gasteiger partial charge on any atom is -0.337 e. The van der Waals surface area contributed by atoms with Gasteiger partial charge in [-0.2, -0.15) is 0 Å². The van der Waals surface area contributed by atoms with Crippen LogP contribution in [0.15, 0.2) is 67.0 Å². The number of carbonyl (C=O) groups is 2. The number of hydrogen-bond donors (Lipinski definition) is 0. The number of nitrogens with zero attached hydrogens (tertiary/aromatic N) is 4. The molecule has 0 N–H and O–H groups in total. The zero-order valence-corrected chi connectivity index (χ0v) is 16.5. The molecule has 2 amide bonds. The second kappa shape index (κ2) is 8.31. The summed E-state index contributed by atoms with van der Waals surface area (Å²) in [6.45, 7) is 1.55. The van der Waals surface area contributed by atoms with E-state index in [0.29, 0.717) is 25.2 Å². The number of imidazole rings is 1. The lowest BCUT2D eigenvalue weighted by Crippen LogP contribution is -2.41. The summed E-state index contributed by atoms with van der Waals surface area (Å²) >= 11 is 0. The van der Waals surface area contributed by atoms with Gasteiger partial charge in [0.05, 0.1) is 6.54 Å². The maximum absolute atomic E-state index is 13.1. The van der Waals surface area contributed by atoms with Crippen LogP contribution in [-0.4, -0.2) is 44.3 Å². The number of fused-ring (bicyclic) bond motifs is 1. The molecule has 3 aromatic rings. The second-order valence-electron chi connectivity index (χ2n) is 7.32. The third-order valence-corrected chi connectivity index (χ3v) is 5.34. The minimum atomic E-state index is -0.0750. The summed E-state index contributed by atoms with van der Waals surface area (Å²) in [7, 11) is 1.92. The summed E-state index contributed by atoms with van der Waals surface area (Å²) < 4.78 is 1.92. The van der Waals surface area contributed by atoms with Crippen molar-refractivity contribution in [3.8, 4) is 0 Å². The topological polar surface area (TPSA) is 58.4 Å². The molecule has 1 aromatic heterocycles. The first-order chi connectivity index (χ1) is 14.1. The van der Waals surface area contributed by atoms with E-state index in [-0.39, 0.29) is 18.4 Å². The number of benzene rings is 2. The average Bonchev–Trinajstić information content (AvgIpc) is 3.29. The third-order valence-electron chi connectivity index (χ3n) is 5.34. The zero-order chi connectivity index (χ0) is 20.2. The first kappa shape index (κ1) is 18.9. The SMILES string of the molecule is Cn1ccnc1CN(CCc1ccccc1)C(=O)CN1Cc2ccccc2C1=O.